The molecule has 1 aliphatic heterocycles. The van der Waals surface area contributed by atoms with Crippen molar-refractivity contribution in [1.29, 1.82) is 0 Å². The highest BCUT2D eigenvalue weighted by Crippen LogP contribution is 2.24. The zero-order chi connectivity index (χ0) is 21.6. The van der Waals surface area contributed by atoms with Crippen molar-refractivity contribution < 1.29 is 13.6 Å². The Hall–Kier alpha value is -3.19. The Labute approximate surface area is 180 Å². The Kier molecular flexibility index (Phi) is 6.62. The van der Waals surface area contributed by atoms with Crippen LogP contribution in [0.5, 0.6) is 0 Å². The van der Waals surface area contributed by atoms with E-state index in [0.29, 0.717) is 30.6 Å². The van der Waals surface area contributed by atoms with Gasteiger partial charge in [0.1, 0.15) is 11.6 Å². The van der Waals surface area contributed by atoms with Crippen LogP contribution in [-0.2, 0) is 11.3 Å². The van der Waals surface area contributed by atoms with Gasteiger partial charge in [-0.2, -0.15) is 0 Å². The Morgan fingerprint density at radius 1 is 1.06 bits per heavy atom. The predicted octanol–water partition coefficient (Wildman–Crippen LogP) is 3.87. The van der Waals surface area contributed by atoms with Crippen molar-refractivity contribution in [3.05, 3.63) is 95.6 Å². The fourth-order valence-corrected chi connectivity index (χ4v) is 3.92. The van der Waals surface area contributed by atoms with Crippen LogP contribution in [0.3, 0.4) is 0 Å². The van der Waals surface area contributed by atoms with Gasteiger partial charge in [-0.3, -0.25) is 19.7 Å². The van der Waals surface area contributed by atoms with Gasteiger partial charge in [0.2, 0.25) is 5.91 Å². The summed E-state index contributed by atoms with van der Waals surface area (Å²) >= 11 is 0. The minimum atomic E-state index is -0.502. The molecule has 7 heteroatoms. The number of hydrogen-bond acceptors (Lipinski definition) is 4. The number of aromatic nitrogens is 2. The van der Waals surface area contributed by atoms with Gasteiger partial charge in [0, 0.05) is 30.4 Å². The Morgan fingerprint density at radius 2 is 1.81 bits per heavy atom. The third-order valence-corrected chi connectivity index (χ3v) is 5.68. The van der Waals surface area contributed by atoms with E-state index in [2.05, 4.69) is 20.2 Å². The first-order valence-electron chi connectivity index (χ1n) is 10.4. The standard InChI is InChI=1S/C24H24F2N4O/c25-20-7-5-17(6-8-20)23(22-15-27-11-12-28-22)29-24(31)18-9-13-30(14-10-18)16-19-3-1-2-4-21(19)26/h1-8,11-12,15,18,23H,9-10,13-14,16H2,(H,29,31). The Balaban J connectivity index is 1.40. The molecule has 0 radical (unpaired) electrons. The van der Waals surface area contributed by atoms with E-state index >= 15 is 0 Å². The topological polar surface area (TPSA) is 58.1 Å². The summed E-state index contributed by atoms with van der Waals surface area (Å²) in [4.78, 5) is 23.6. The molecule has 1 amide bonds. The van der Waals surface area contributed by atoms with Crippen molar-refractivity contribution in [2.24, 2.45) is 5.92 Å². The average molecular weight is 422 g/mol. The molecule has 4 rings (SSSR count). The highest BCUT2D eigenvalue weighted by atomic mass is 19.1. The highest BCUT2D eigenvalue weighted by molar-refractivity contribution is 5.79. The van der Waals surface area contributed by atoms with Gasteiger partial charge in [-0.05, 0) is 49.7 Å². The van der Waals surface area contributed by atoms with Gasteiger partial charge in [0.15, 0.2) is 0 Å². The molecule has 1 aliphatic rings. The molecular weight excluding hydrogens is 398 g/mol. The number of nitrogens with zero attached hydrogens (tertiary/aromatic N) is 3. The average Bonchev–Trinajstić information content (AvgIpc) is 2.81. The molecule has 31 heavy (non-hydrogen) atoms. The van der Waals surface area contributed by atoms with Crippen molar-refractivity contribution in [3.8, 4) is 0 Å². The van der Waals surface area contributed by atoms with Crippen molar-refractivity contribution in [1.82, 2.24) is 20.2 Å². The molecule has 2 aromatic carbocycles. The molecule has 1 N–H and O–H groups in total. The molecule has 1 unspecified atom stereocenters. The van der Waals surface area contributed by atoms with Crippen molar-refractivity contribution in [2.75, 3.05) is 13.1 Å². The summed E-state index contributed by atoms with van der Waals surface area (Å²) < 4.78 is 27.3. The summed E-state index contributed by atoms with van der Waals surface area (Å²) in [6.45, 7) is 1.98. The van der Waals surface area contributed by atoms with Gasteiger partial charge >= 0.3 is 0 Å². The number of hydrogen-bond donors (Lipinski definition) is 1. The number of amides is 1. The largest absolute Gasteiger partial charge is 0.343 e. The second kappa shape index (κ2) is 9.75. The first-order valence-corrected chi connectivity index (χ1v) is 10.4. The van der Waals surface area contributed by atoms with Gasteiger partial charge < -0.3 is 5.32 Å². The summed E-state index contributed by atoms with van der Waals surface area (Å²) in [6, 6.07) is 12.3. The normalized spacial score (nSPS) is 16.1. The molecule has 0 saturated carbocycles. The second-order valence-electron chi connectivity index (χ2n) is 7.77. The molecule has 0 bridgehead atoms. The summed E-state index contributed by atoms with van der Waals surface area (Å²) in [5, 5.41) is 3.07. The van der Waals surface area contributed by atoms with Gasteiger partial charge in [0.05, 0.1) is 17.9 Å². The first-order chi connectivity index (χ1) is 15.1. The molecule has 3 aromatic rings. The van der Waals surface area contributed by atoms with E-state index in [0.717, 1.165) is 18.7 Å². The zero-order valence-electron chi connectivity index (χ0n) is 17.0. The minimum Gasteiger partial charge on any atom is -0.343 e. The minimum absolute atomic E-state index is 0.0643. The van der Waals surface area contributed by atoms with Crippen LogP contribution in [-0.4, -0.2) is 33.9 Å². The lowest BCUT2D eigenvalue weighted by molar-refractivity contribution is -0.127. The summed E-state index contributed by atoms with van der Waals surface area (Å²) in [5.74, 6) is -0.745. The first kappa shape index (κ1) is 21.1. The number of likely N-dealkylation sites (tertiary alicyclic amines) is 1. The van der Waals surface area contributed by atoms with Crippen LogP contribution in [0, 0.1) is 17.6 Å². The van der Waals surface area contributed by atoms with Gasteiger partial charge in [-0.1, -0.05) is 30.3 Å². The van der Waals surface area contributed by atoms with E-state index in [-0.39, 0.29) is 23.5 Å². The molecule has 0 aliphatic carbocycles. The quantitative estimate of drug-likeness (QED) is 0.655. The summed E-state index contributed by atoms with van der Waals surface area (Å²) in [7, 11) is 0. The molecular formula is C24H24F2N4O. The highest BCUT2D eigenvalue weighted by Gasteiger charge is 2.28. The molecule has 1 atom stereocenters. The molecule has 5 nitrogen and oxygen atoms in total. The van der Waals surface area contributed by atoms with Crippen LogP contribution in [0.25, 0.3) is 0 Å². The van der Waals surface area contributed by atoms with Crippen LogP contribution in [0.2, 0.25) is 0 Å². The maximum atomic E-state index is 13.9. The van der Waals surface area contributed by atoms with Gasteiger partial charge in [-0.25, -0.2) is 8.78 Å². The number of rotatable bonds is 6. The number of benzene rings is 2. The number of carbonyl (C=O) groups is 1. The fourth-order valence-electron chi connectivity index (χ4n) is 3.92. The number of carbonyl (C=O) groups excluding carboxylic acids is 1. The molecule has 1 saturated heterocycles. The predicted molar refractivity (Wildman–Crippen MR) is 113 cm³/mol. The van der Waals surface area contributed by atoms with Crippen LogP contribution >= 0.6 is 0 Å². The van der Waals surface area contributed by atoms with Crippen LogP contribution < -0.4 is 5.32 Å². The number of nitrogens with one attached hydrogen (secondary N) is 1. The molecule has 1 fully saturated rings. The lowest BCUT2D eigenvalue weighted by Crippen LogP contribution is -2.41. The van der Waals surface area contributed by atoms with Crippen LogP contribution in [0.1, 0.15) is 35.7 Å². The molecule has 0 spiro atoms. The van der Waals surface area contributed by atoms with Crippen molar-refractivity contribution >= 4 is 5.91 Å². The zero-order valence-corrected chi connectivity index (χ0v) is 17.0. The van der Waals surface area contributed by atoms with Crippen LogP contribution in [0.4, 0.5) is 8.78 Å². The van der Waals surface area contributed by atoms with Gasteiger partial charge in [-0.15, -0.1) is 0 Å². The maximum absolute atomic E-state index is 13.9. The lowest BCUT2D eigenvalue weighted by Gasteiger charge is -2.32. The van der Waals surface area contributed by atoms with E-state index in [1.54, 1.807) is 42.9 Å². The fraction of sp³-hybridized carbons (Fsp3) is 0.292. The second-order valence-corrected chi connectivity index (χ2v) is 7.77. The van der Waals surface area contributed by atoms with E-state index in [4.69, 9.17) is 0 Å². The third-order valence-electron chi connectivity index (χ3n) is 5.68. The summed E-state index contributed by atoms with van der Waals surface area (Å²) in [5.41, 5.74) is 2.01. The molecule has 1 aromatic heterocycles. The maximum Gasteiger partial charge on any atom is 0.224 e. The Morgan fingerprint density at radius 3 is 2.48 bits per heavy atom. The molecule has 160 valence electrons. The number of halogens is 2. The van der Waals surface area contributed by atoms with E-state index in [1.807, 2.05) is 6.07 Å². The molecule has 2 heterocycles. The van der Waals surface area contributed by atoms with E-state index in [9.17, 15) is 13.6 Å². The monoisotopic (exact) mass is 422 g/mol. The van der Waals surface area contributed by atoms with Gasteiger partial charge in [0.25, 0.3) is 0 Å². The van der Waals surface area contributed by atoms with E-state index in [1.165, 1.54) is 18.2 Å². The SMILES string of the molecule is O=C(NC(c1ccc(F)cc1)c1cnccn1)C1CCN(Cc2ccccc2F)CC1. The van der Waals surface area contributed by atoms with Crippen molar-refractivity contribution in [3.63, 3.8) is 0 Å². The number of piperidine rings is 1. The summed E-state index contributed by atoms with van der Waals surface area (Å²) in [6.07, 6.45) is 6.12. The van der Waals surface area contributed by atoms with Crippen LogP contribution in [0.15, 0.2) is 67.1 Å². The van der Waals surface area contributed by atoms with E-state index < -0.39 is 6.04 Å². The Bertz CT molecular complexity index is 1010. The third kappa shape index (κ3) is 5.30. The lowest BCUT2D eigenvalue weighted by atomic mass is 9.94. The smallest absolute Gasteiger partial charge is 0.224 e. The van der Waals surface area contributed by atoms with Crippen molar-refractivity contribution in [2.45, 2.75) is 25.4 Å².